The topological polar surface area (TPSA) is 44.8 Å². The van der Waals surface area contributed by atoms with E-state index in [0.717, 1.165) is 28.0 Å². The predicted octanol–water partition coefficient (Wildman–Crippen LogP) is 6.87. The summed E-state index contributed by atoms with van der Waals surface area (Å²) >= 11 is 0. The highest BCUT2D eigenvalue weighted by molar-refractivity contribution is 5.71. The minimum absolute atomic E-state index is 0.163. The van der Waals surface area contributed by atoms with Crippen LogP contribution in [-0.2, 0) is 28.0 Å². The molecule has 0 heterocycles. The fraction of sp³-hybridized carbons (Fsp3) is 0.345. The smallest absolute Gasteiger partial charge is 0.306 e. The molecule has 0 saturated heterocycles. The van der Waals surface area contributed by atoms with Crippen molar-refractivity contribution in [1.29, 1.82) is 0 Å². The molecule has 0 spiro atoms. The molecule has 4 nitrogen and oxygen atoms in total. The van der Waals surface area contributed by atoms with Crippen LogP contribution < -0.4 is 9.47 Å². The molecule has 0 N–H and O–H groups in total. The number of carbonyl (C=O) groups is 1. The first-order valence-corrected chi connectivity index (χ1v) is 11.6. The highest BCUT2D eigenvalue weighted by atomic mass is 19.1. The zero-order chi connectivity index (χ0) is 24.7. The van der Waals surface area contributed by atoms with Gasteiger partial charge in [0.05, 0.1) is 13.7 Å². The summed E-state index contributed by atoms with van der Waals surface area (Å²) in [6.07, 6.45) is 0.987. The van der Waals surface area contributed by atoms with Crippen LogP contribution in [0.15, 0.2) is 60.7 Å². The van der Waals surface area contributed by atoms with Crippen molar-refractivity contribution >= 4 is 5.97 Å². The zero-order valence-electron chi connectivity index (χ0n) is 20.6. The molecule has 5 heteroatoms. The van der Waals surface area contributed by atoms with Crippen molar-refractivity contribution in [2.45, 2.75) is 52.6 Å². The standard InChI is InChI=1S/C29H33FO4/c1-6-33-28(31)16-10-20-7-11-22(12-8-20)34-19-21-9-14-26(29(2,3)4)24(17-21)25-18-23(32-5)13-15-27(25)30/h7-9,11-15,17-18H,6,10,16,19H2,1-5H3. The van der Waals surface area contributed by atoms with Crippen molar-refractivity contribution in [1.82, 2.24) is 0 Å². The number of halogens is 1. The fourth-order valence-electron chi connectivity index (χ4n) is 3.79. The molecule has 3 rings (SSSR count). The summed E-state index contributed by atoms with van der Waals surface area (Å²) in [4.78, 5) is 11.5. The molecule has 0 bridgehead atoms. The highest BCUT2D eigenvalue weighted by Crippen LogP contribution is 2.36. The van der Waals surface area contributed by atoms with Gasteiger partial charge in [-0.3, -0.25) is 4.79 Å². The van der Waals surface area contributed by atoms with Crippen molar-refractivity contribution in [2.24, 2.45) is 0 Å². The largest absolute Gasteiger partial charge is 0.497 e. The van der Waals surface area contributed by atoms with Crippen LogP contribution in [0.25, 0.3) is 11.1 Å². The molecule has 0 atom stereocenters. The first-order chi connectivity index (χ1) is 16.2. The third kappa shape index (κ3) is 6.60. The SMILES string of the molecule is CCOC(=O)CCc1ccc(OCc2ccc(C(C)(C)C)c(-c3cc(OC)ccc3F)c2)cc1. The minimum Gasteiger partial charge on any atom is -0.497 e. The first-order valence-electron chi connectivity index (χ1n) is 11.6. The third-order valence-corrected chi connectivity index (χ3v) is 5.61. The van der Waals surface area contributed by atoms with E-state index in [4.69, 9.17) is 14.2 Å². The maximum absolute atomic E-state index is 14.8. The van der Waals surface area contributed by atoms with Crippen LogP contribution in [0.2, 0.25) is 0 Å². The molecular weight excluding hydrogens is 431 g/mol. The number of aryl methyl sites for hydroxylation is 1. The van der Waals surface area contributed by atoms with E-state index in [1.165, 1.54) is 6.07 Å². The molecule has 0 fully saturated rings. The zero-order valence-corrected chi connectivity index (χ0v) is 20.6. The van der Waals surface area contributed by atoms with Crippen molar-refractivity contribution in [3.05, 3.63) is 83.2 Å². The number of methoxy groups -OCH3 is 1. The van der Waals surface area contributed by atoms with E-state index < -0.39 is 0 Å². The molecule has 0 aliphatic carbocycles. The van der Waals surface area contributed by atoms with Crippen LogP contribution >= 0.6 is 0 Å². The highest BCUT2D eigenvalue weighted by Gasteiger charge is 2.21. The van der Waals surface area contributed by atoms with Gasteiger partial charge in [-0.05, 0) is 77.4 Å². The van der Waals surface area contributed by atoms with Crippen LogP contribution in [-0.4, -0.2) is 19.7 Å². The minimum atomic E-state index is -0.289. The van der Waals surface area contributed by atoms with Crippen molar-refractivity contribution < 1.29 is 23.4 Å². The van der Waals surface area contributed by atoms with Gasteiger partial charge in [0.1, 0.15) is 23.9 Å². The van der Waals surface area contributed by atoms with E-state index in [2.05, 4.69) is 20.8 Å². The third-order valence-electron chi connectivity index (χ3n) is 5.61. The number of ether oxygens (including phenoxy) is 3. The maximum atomic E-state index is 14.8. The number of rotatable bonds is 9. The summed E-state index contributed by atoms with van der Waals surface area (Å²) in [7, 11) is 1.58. The Morgan fingerprint density at radius 3 is 2.21 bits per heavy atom. The second kappa shape index (κ2) is 11.2. The van der Waals surface area contributed by atoms with E-state index in [1.807, 2.05) is 42.5 Å². The molecule has 0 unspecified atom stereocenters. The van der Waals surface area contributed by atoms with Gasteiger partial charge in [0.25, 0.3) is 0 Å². The molecule has 0 radical (unpaired) electrons. The van der Waals surface area contributed by atoms with Gasteiger partial charge in [-0.15, -0.1) is 0 Å². The van der Waals surface area contributed by atoms with E-state index in [9.17, 15) is 9.18 Å². The van der Waals surface area contributed by atoms with Crippen molar-refractivity contribution in [2.75, 3.05) is 13.7 Å². The molecule has 0 aliphatic rings. The monoisotopic (exact) mass is 464 g/mol. The lowest BCUT2D eigenvalue weighted by Crippen LogP contribution is -2.13. The Hall–Kier alpha value is -3.34. The van der Waals surface area contributed by atoms with E-state index in [-0.39, 0.29) is 17.2 Å². The second-order valence-electron chi connectivity index (χ2n) is 9.21. The van der Waals surface area contributed by atoms with Gasteiger partial charge < -0.3 is 14.2 Å². The number of esters is 1. The molecule has 3 aromatic carbocycles. The van der Waals surface area contributed by atoms with Gasteiger partial charge >= 0.3 is 5.97 Å². The fourth-order valence-corrected chi connectivity index (χ4v) is 3.79. The van der Waals surface area contributed by atoms with Gasteiger partial charge in [0, 0.05) is 12.0 Å². The van der Waals surface area contributed by atoms with Crippen LogP contribution in [0.3, 0.4) is 0 Å². The van der Waals surface area contributed by atoms with E-state index in [0.29, 0.717) is 37.4 Å². The lowest BCUT2D eigenvalue weighted by atomic mass is 9.81. The number of benzene rings is 3. The van der Waals surface area contributed by atoms with Gasteiger partial charge in [-0.25, -0.2) is 4.39 Å². The Morgan fingerprint density at radius 2 is 1.56 bits per heavy atom. The number of carbonyl (C=O) groups excluding carboxylic acids is 1. The number of hydrogen-bond acceptors (Lipinski definition) is 4. The average molecular weight is 465 g/mol. The molecular formula is C29H33FO4. The normalized spacial score (nSPS) is 11.2. The van der Waals surface area contributed by atoms with E-state index >= 15 is 0 Å². The van der Waals surface area contributed by atoms with Gasteiger partial charge in [-0.1, -0.05) is 45.0 Å². The van der Waals surface area contributed by atoms with Crippen LogP contribution in [0, 0.1) is 5.82 Å². The summed E-state index contributed by atoms with van der Waals surface area (Å²) in [6.45, 7) is 8.90. The Kier molecular flexibility index (Phi) is 8.32. The second-order valence-corrected chi connectivity index (χ2v) is 9.21. The first kappa shape index (κ1) is 25.3. The van der Waals surface area contributed by atoms with Crippen LogP contribution in [0.1, 0.15) is 50.8 Å². The van der Waals surface area contributed by atoms with Gasteiger partial charge in [0.2, 0.25) is 0 Å². The Morgan fingerprint density at radius 1 is 0.882 bits per heavy atom. The lowest BCUT2D eigenvalue weighted by Gasteiger charge is -2.24. The molecule has 34 heavy (non-hydrogen) atoms. The predicted molar refractivity (Wildman–Crippen MR) is 133 cm³/mol. The van der Waals surface area contributed by atoms with E-state index in [1.54, 1.807) is 26.2 Å². The summed E-state index contributed by atoms with van der Waals surface area (Å²) in [5.74, 6) is 0.863. The molecule has 0 aromatic heterocycles. The van der Waals surface area contributed by atoms with Gasteiger partial charge in [0.15, 0.2) is 0 Å². The Bertz CT molecular complexity index is 1110. The summed E-state index contributed by atoms with van der Waals surface area (Å²) in [6, 6.07) is 18.6. The molecule has 0 aliphatic heterocycles. The summed E-state index contributed by atoms with van der Waals surface area (Å²) in [5.41, 5.74) is 4.22. The average Bonchev–Trinajstić information content (AvgIpc) is 2.82. The van der Waals surface area contributed by atoms with Gasteiger partial charge in [-0.2, -0.15) is 0 Å². The van der Waals surface area contributed by atoms with Crippen LogP contribution in [0.4, 0.5) is 4.39 Å². The summed E-state index contributed by atoms with van der Waals surface area (Å²) in [5, 5.41) is 0. The quantitative estimate of drug-likeness (QED) is 0.324. The van der Waals surface area contributed by atoms with Crippen LogP contribution in [0.5, 0.6) is 11.5 Å². The Balaban J connectivity index is 1.77. The molecule has 0 amide bonds. The molecule has 180 valence electrons. The van der Waals surface area contributed by atoms with Crippen molar-refractivity contribution in [3.63, 3.8) is 0 Å². The molecule has 0 saturated carbocycles. The summed E-state index contributed by atoms with van der Waals surface area (Å²) < 4.78 is 31.1. The molecule has 3 aromatic rings. The maximum Gasteiger partial charge on any atom is 0.306 e. The lowest BCUT2D eigenvalue weighted by molar-refractivity contribution is -0.143. The number of hydrogen-bond donors (Lipinski definition) is 0. The Labute approximate surface area is 201 Å². The van der Waals surface area contributed by atoms with Crippen molar-refractivity contribution in [3.8, 4) is 22.6 Å².